The highest BCUT2D eigenvalue weighted by Crippen LogP contribution is 2.27. The molecule has 9 nitrogen and oxygen atoms in total. The van der Waals surface area contributed by atoms with Crippen molar-refractivity contribution in [1.82, 2.24) is 24.6 Å². The SMILES string of the molecule is Cc1cc(COn2nnc3ccc(S(=O)(=O)N4CC(C)CC(C)C4)cc32)on1. The number of hydrogen-bond donors (Lipinski definition) is 0. The van der Waals surface area contributed by atoms with Crippen LogP contribution in [0.25, 0.3) is 11.0 Å². The predicted molar refractivity (Wildman–Crippen MR) is 101 cm³/mol. The van der Waals surface area contributed by atoms with Crippen LogP contribution in [0, 0.1) is 18.8 Å². The third-order valence-electron chi connectivity index (χ3n) is 4.87. The van der Waals surface area contributed by atoms with E-state index in [1.165, 1.54) is 4.85 Å². The van der Waals surface area contributed by atoms with E-state index in [1.54, 1.807) is 28.6 Å². The third kappa shape index (κ3) is 3.61. The molecule has 0 spiro atoms. The molecule has 1 aromatic carbocycles. The molecular weight excluding hydrogens is 382 g/mol. The van der Waals surface area contributed by atoms with Gasteiger partial charge in [0.25, 0.3) is 0 Å². The lowest BCUT2D eigenvalue weighted by Crippen LogP contribution is -2.42. The highest BCUT2D eigenvalue weighted by Gasteiger charge is 2.32. The molecule has 1 aliphatic rings. The van der Waals surface area contributed by atoms with Crippen molar-refractivity contribution in [1.29, 1.82) is 0 Å². The molecule has 1 aliphatic heterocycles. The first-order valence-electron chi connectivity index (χ1n) is 9.24. The Balaban J connectivity index is 1.61. The van der Waals surface area contributed by atoms with Gasteiger partial charge in [-0.25, -0.2) is 8.42 Å². The van der Waals surface area contributed by atoms with Gasteiger partial charge in [0.2, 0.25) is 10.0 Å². The zero-order valence-electron chi connectivity index (χ0n) is 16.1. The first-order valence-corrected chi connectivity index (χ1v) is 10.7. The average Bonchev–Trinajstić information content (AvgIpc) is 3.24. The Morgan fingerprint density at radius 3 is 2.64 bits per heavy atom. The van der Waals surface area contributed by atoms with E-state index in [4.69, 9.17) is 9.36 Å². The van der Waals surface area contributed by atoms with E-state index >= 15 is 0 Å². The van der Waals surface area contributed by atoms with E-state index in [0.29, 0.717) is 41.7 Å². The molecule has 2 aromatic heterocycles. The molecule has 0 aliphatic carbocycles. The van der Waals surface area contributed by atoms with E-state index in [-0.39, 0.29) is 11.5 Å². The molecule has 10 heteroatoms. The number of piperidine rings is 1. The molecule has 3 aromatic rings. The van der Waals surface area contributed by atoms with E-state index in [9.17, 15) is 8.42 Å². The monoisotopic (exact) mass is 405 g/mol. The second-order valence-electron chi connectivity index (χ2n) is 7.59. The number of rotatable bonds is 5. The predicted octanol–water partition coefficient (Wildman–Crippen LogP) is 2.02. The van der Waals surface area contributed by atoms with Crippen molar-refractivity contribution in [2.24, 2.45) is 11.8 Å². The number of fused-ring (bicyclic) bond motifs is 1. The van der Waals surface area contributed by atoms with Gasteiger partial charge in [0, 0.05) is 19.2 Å². The van der Waals surface area contributed by atoms with Crippen LogP contribution in [0.1, 0.15) is 31.7 Å². The summed E-state index contributed by atoms with van der Waals surface area (Å²) in [6.45, 7) is 7.15. The van der Waals surface area contributed by atoms with Crippen LogP contribution >= 0.6 is 0 Å². The minimum atomic E-state index is -3.60. The maximum atomic E-state index is 13.1. The summed E-state index contributed by atoms with van der Waals surface area (Å²) in [6.07, 6.45) is 1.04. The van der Waals surface area contributed by atoms with Crippen LogP contribution < -0.4 is 4.84 Å². The van der Waals surface area contributed by atoms with E-state index in [0.717, 1.165) is 12.1 Å². The molecule has 0 bridgehead atoms. The summed E-state index contributed by atoms with van der Waals surface area (Å²) in [5, 5.41) is 11.8. The highest BCUT2D eigenvalue weighted by molar-refractivity contribution is 7.89. The quantitative estimate of drug-likeness (QED) is 0.640. The summed E-state index contributed by atoms with van der Waals surface area (Å²) in [6, 6.07) is 6.53. The van der Waals surface area contributed by atoms with Gasteiger partial charge in [-0.3, -0.25) is 0 Å². The Morgan fingerprint density at radius 1 is 1.21 bits per heavy atom. The smallest absolute Gasteiger partial charge is 0.243 e. The van der Waals surface area contributed by atoms with Gasteiger partial charge < -0.3 is 9.36 Å². The van der Waals surface area contributed by atoms with Crippen LogP contribution in [-0.4, -0.2) is 46.1 Å². The molecule has 0 radical (unpaired) electrons. The second kappa shape index (κ2) is 7.17. The number of hydrogen-bond acceptors (Lipinski definition) is 7. The molecule has 1 fully saturated rings. The van der Waals surface area contributed by atoms with Gasteiger partial charge in [-0.2, -0.15) is 4.31 Å². The van der Waals surface area contributed by atoms with Crippen LogP contribution in [0.15, 0.2) is 33.7 Å². The summed E-state index contributed by atoms with van der Waals surface area (Å²) in [5.41, 5.74) is 1.78. The van der Waals surface area contributed by atoms with Crippen molar-refractivity contribution in [3.05, 3.63) is 35.7 Å². The maximum Gasteiger partial charge on any atom is 0.243 e. The zero-order valence-corrected chi connectivity index (χ0v) is 16.9. The standard InChI is InChI=1S/C18H23N5O4S/c1-12-6-13(2)10-22(9-12)28(24,25)16-4-5-17-18(8-16)23(21-19-17)26-11-15-7-14(3)20-27-15/h4-5,7-8,12-13H,6,9-11H2,1-3H3. The lowest BCUT2D eigenvalue weighted by molar-refractivity contribution is 0.0609. The summed E-state index contributed by atoms with van der Waals surface area (Å²) < 4.78 is 33.0. The lowest BCUT2D eigenvalue weighted by Gasteiger charge is -2.34. The van der Waals surface area contributed by atoms with Crippen molar-refractivity contribution < 1.29 is 17.8 Å². The van der Waals surface area contributed by atoms with Gasteiger partial charge >= 0.3 is 0 Å². The Morgan fingerprint density at radius 2 is 1.96 bits per heavy atom. The lowest BCUT2D eigenvalue weighted by atomic mass is 9.94. The zero-order chi connectivity index (χ0) is 19.9. The van der Waals surface area contributed by atoms with E-state index in [1.807, 2.05) is 6.92 Å². The third-order valence-corrected chi connectivity index (χ3v) is 6.69. The van der Waals surface area contributed by atoms with Crippen molar-refractivity contribution >= 4 is 21.1 Å². The Kier molecular flexibility index (Phi) is 4.84. The molecule has 0 N–H and O–H groups in total. The van der Waals surface area contributed by atoms with Gasteiger partial charge in [-0.05, 0) is 48.6 Å². The molecule has 1 saturated heterocycles. The number of aromatic nitrogens is 4. The largest absolute Gasteiger partial charge is 0.387 e. The fourth-order valence-corrected chi connectivity index (χ4v) is 5.39. The van der Waals surface area contributed by atoms with Gasteiger partial charge in [-0.15, -0.1) is 5.10 Å². The number of sulfonamides is 1. The van der Waals surface area contributed by atoms with Crippen LogP contribution in [0.4, 0.5) is 0 Å². The highest BCUT2D eigenvalue weighted by atomic mass is 32.2. The second-order valence-corrected chi connectivity index (χ2v) is 9.53. The molecule has 2 unspecified atom stereocenters. The Labute approximate surface area is 163 Å². The van der Waals surface area contributed by atoms with E-state index in [2.05, 4.69) is 29.3 Å². The van der Waals surface area contributed by atoms with E-state index < -0.39 is 10.0 Å². The van der Waals surface area contributed by atoms with Gasteiger partial charge in [0.05, 0.1) is 10.6 Å². The minimum absolute atomic E-state index is 0.109. The summed E-state index contributed by atoms with van der Waals surface area (Å²) >= 11 is 0. The number of aryl methyl sites for hydroxylation is 1. The molecule has 3 heterocycles. The molecule has 28 heavy (non-hydrogen) atoms. The fraction of sp³-hybridized carbons (Fsp3) is 0.500. The molecule has 0 saturated carbocycles. The van der Waals surface area contributed by atoms with Crippen LogP contribution in [0.5, 0.6) is 0 Å². The Hall–Kier alpha value is -2.46. The summed E-state index contributed by atoms with van der Waals surface area (Å²) in [7, 11) is -3.60. The molecule has 4 rings (SSSR count). The molecule has 150 valence electrons. The van der Waals surface area contributed by atoms with Crippen molar-refractivity contribution in [3.8, 4) is 0 Å². The van der Waals surface area contributed by atoms with Gasteiger partial charge in [-0.1, -0.05) is 23.8 Å². The van der Waals surface area contributed by atoms with Crippen LogP contribution in [-0.2, 0) is 16.6 Å². The molecular formula is C18H23N5O4S. The normalized spacial score (nSPS) is 21.2. The molecule has 0 amide bonds. The van der Waals surface area contributed by atoms with Crippen molar-refractivity contribution in [2.75, 3.05) is 13.1 Å². The Bertz CT molecular complexity index is 1080. The summed E-state index contributed by atoms with van der Waals surface area (Å²) in [4.78, 5) is 7.03. The summed E-state index contributed by atoms with van der Waals surface area (Å²) in [5.74, 6) is 1.22. The number of benzene rings is 1. The van der Waals surface area contributed by atoms with Crippen LogP contribution in [0.2, 0.25) is 0 Å². The first kappa shape index (κ1) is 18.9. The average molecular weight is 405 g/mol. The minimum Gasteiger partial charge on any atom is -0.387 e. The fourth-order valence-electron chi connectivity index (χ4n) is 3.69. The van der Waals surface area contributed by atoms with Gasteiger partial charge in [0.15, 0.2) is 12.4 Å². The van der Waals surface area contributed by atoms with Crippen molar-refractivity contribution in [2.45, 2.75) is 38.7 Å². The topological polar surface area (TPSA) is 103 Å². The van der Waals surface area contributed by atoms with Crippen molar-refractivity contribution in [3.63, 3.8) is 0 Å². The number of nitrogens with zero attached hydrogens (tertiary/aromatic N) is 5. The van der Waals surface area contributed by atoms with Crippen LogP contribution in [0.3, 0.4) is 0 Å². The molecule has 2 atom stereocenters. The maximum absolute atomic E-state index is 13.1. The first-order chi connectivity index (χ1) is 13.3. The van der Waals surface area contributed by atoms with Gasteiger partial charge in [0.1, 0.15) is 11.0 Å².